The van der Waals surface area contributed by atoms with Gasteiger partial charge in [0.1, 0.15) is 11.6 Å². The van der Waals surface area contributed by atoms with Crippen LogP contribution in [0.2, 0.25) is 0 Å². The van der Waals surface area contributed by atoms with E-state index in [1.807, 2.05) is 0 Å². The van der Waals surface area contributed by atoms with Crippen LogP contribution in [0.3, 0.4) is 0 Å². The molecule has 0 bridgehead atoms. The molecule has 1 heterocycles. The van der Waals surface area contributed by atoms with Gasteiger partial charge in [-0.25, -0.2) is 4.79 Å². The highest BCUT2D eigenvalue weighted by Gasteiger charge is 2.40. The van der Waals surface area contributed by atoms with Gasteiger partial charge in [-0.05, 0) is 51.5 Å². The van der Waals surface area contributed by atoms with E-state index in [2.05, 4.69) is 5.32 Å². The van der Waals surface area contributed by atoms with E-state index in [0.717, 1.165) is 12.1 Å². The van der Waals surface area contributed by atoms with Gasteiger partial charge in [0.05, 0.1) is 5.56 Å². The van der Waals surface area contributed by atoms with Crippen LogP contribution in [0.4, 0.5) is 23.7 Å². The summed E-state index contributed by atoms with van der Waals surface area (Å²) >= 11 is 0. The van der Waals surface area contributed by atoms with Crippen molar-refractivity contribution in [2.45, 2.75) is 45.0 Å². The fourth-order valence-electron chi connectivity index (χ4n) is 2.17. The fourth-order valence-corrected chi connectivity index (χ4v) is 2.17. The minimum atomic E-state index is -4.43. The van der Waals surface area contributed by atoms with E-state index in [4.69, 9.17) is 4.74 Å². The van der Waals surface area contributed by atoms with Crippen molar-refractivity contribution in [3.8, 4) is 0 Å². The summed E-state index contributed by atoms with van der Waals surface area (Å²) in [6.45, 7) is 5.58. The number of nitrogens with one attached hydrogen (secondary N) is 1. The Labute approximate surface area is 137 Å². The van der Waals surface area contributed by atoms with E-state index >= 15 is 0 Å². The van der Waals surface area contributed by atoms with Crippen LogP contribution in [-0.2, 0) is 15.7 Å². The topological polar surface area (TPSA) is 58.6 Å². The van der Waals surface area contributed by atoms with Crippen LogP contribution in [0.25, 0.3) is 0 Å². The number of anilines is 1. The SMILES string of the molecule is CC(C)(C)OC(=O)N1CC[C@@H]1C(=O)Nc1ccc(C(F)(F)F)cc1. The summed E-state index contributed by atoms with van der Waals surface area (Å²) in [6.07, 6.45) is -4.53. The van der Waals surface area contributed by atoms with Crippen molar-refractivity contribution in [2.75, 3.05) is 11.9 Å². The Morgan fingerprint density at radius 1 is 1.17 bits per heavy atom. The van der Waals surface area contributed by atoms with E-state index < -0.39 is 35.4 Å². The van der Waals surface area contributed by atoms with Crippen LogP contribution in [0.5, 0.6) is 0 Å². The normalized spacial score (nSPS) is 17.9. The quantitative estimate of drug-likeness (QED) is 0.891. The summed E-state index contributed by atoms with van der Waals surface area (Å²) in [5.74, 6) is -0.452. The predicted octanol–water partition coefficient (Wildman–Crippen LogP) is 3.65. The lowest BCUT2D eigenvalue weighted by atomic mass is 10.0. The van der Waals surface area contributed by atoms with Crippen LogP contribution in [0.15, 0.2) is 24.3 Å². The van der Waals surface area contributed by atoms with Crippen LogP contribution in [0.1, 0.15) is 32.8 Å². The van der Waals surface area contributed by atoms with E-state index in [1.54, 1.807) is 20.8 Å². The van der Waals surface area contributed by atoms with Gasteiger partial charge in [-0.1, -0.05) is 0 Å². The third-order valence-electron chi connectivity index (χ3n) is 3.43. The summed E-state index contributed by atoms with van der Waals surface area (Å²) in [6, 6.07) is 3.46. The van der Waals surface area contributed by atoms with Gasteiger partial charge in [-0.3, -0.25) is 9.69 Å². The van der Waals surface area contributed by atoms with Gasteiger partial charge in [0.2, 0.25) is 5.91 Å². The highest BCUT2D eigenvalue weighted by molar-refractivity contribution is 5.97. The molecule has 1 atom stereocenters. The number of carbonyl (C=O) groups excluding carboxylic acids is 2. The van der Waals surface area contributed by atoms with E-state index in [0.29, 0.717) is 13.0 Å². The molecule has 0 saturated carbocycles. The molecule has 132 valence electrons. The average Bonchev–Trinajstić information content (AvgIpc) is 2.34. The number of halogens is 3. The maximum absolute atomic E-state index is 12.5. The molecule has 0 spiro atoms. The van der Waals surface area contributed by atoms with E-state index in [-0.39, 0.29) is 5.69 Å². The first-order valence-corrected chi connectivity index (χ1v) is 7.45. The molecule has 1 aromatic rings. The number of nitrogens with zero attached hydrogens (tertiary/aromatic N) is 1. The largest absolute Gasteiger partial charge is 0.444 e. The molecule has 1 aliphatic heterocycles. The lowest BCUT2D eigenvalue weighted by Gasteiger charge is -2.40. The van der Waals surface area contributed by atoms with Gasteiger partial charge < -0.3 is 10.1 Å². The zero-order valence-electron chi connectivity index (χ0n) is 13.6. The van der Waals surface area contributed by atoms with E-state index in [9.17, 15) is 22.8 Å². The number of hydrogen-bond donors (Lipinski definition) is 1. The second kappa shape index (κ2) is 6.33. The van der Waals surface area contributed by atoms with Gasteiger partial charge in [-0.2, -0.15) is 13.2 Å². The molecule has 24 heavy (non-hydrogen) atoms. The summed E-state index contributed by atoms with van der Waals surface area (Å²) in [5.41, 5.74) is -1.22. The molecule has 0 aromatic heterocycles. The Bertz CT molecular complexity index is 621. The fraction of sp³-hybridized carbons (Fsp3) is 0.500. The van der Waals surface area contributed by atoms with Crippen LogP contribution >= 0.6 is 0 Å². The molecule has 1 aromatic carbocycles. The van der Waals surface area contributed by atoms with Crippen molar-refractivity contribution in [2.24, 2.45) is 0 Å². The molecule has 1 N–H and O–H groups in total. The van der Waals surface area contributed by atoms with Gasteiger partial charge in [0, 0.05) is 12.2 Å². The highest BCUT2D eigenvalue weighted by atomic mass is 19.4. The third-order valence-corrected chi connectivity index (χ3v) is 3.43. The molecule has 0 radical (unpaired) electrons. The zero-order valence-corrected chi connectivity index (χ0v) is 13.6. The Kier molecular flexibility index (Phi) is 4.77. The summed E-state index contributed by atoms with van der Waals surface area (Å²) in [4.78, 5) is 25.4. The van der Waals surface area contributed by atoms with Crippen molar-refractivity contribution in [3.63, 3.8) is 0 Å². The first kappa shape index (κ1) is 18.1. The summed E-state index contributed by atoms with van der Waals surface area (Å²) < 4.78 is 42.7. The average molecular weight is 344 g/mol. The summed E-state index contributed by atoms with van der Waals surface area (Å²) in [7, 11) is 0. The predicted molar refractivity (Wildman–Crippen MR) is 81.4 cm³/mol. The molecule has 1 aliphatic rings. The molecular formula is C16H19F3N2O3. The second-order valence-corrected chi connectivity index (χ2v) is 6.54. The Morgan fingerprint density at radius 3 is 2.17 bits per heavy atom. The Hall–Kier alpha value is -2.25. The number of ether oxygens (including phenoxy) is 1. The monoisotopic (exact) mass is 344 g/mol. The van der Waals surface area contributed by atoms with Gasteiger partial charge in [0.15, 0.2) is 0 Å². The van der Waals surface area contributed by atoms with Crippen molar-refractivity contribution < 1.29 is 27.5 Å². The molecular weight excluding hydrogens is 325 g/mol. The van der Waals surface area contributed by atoms with E-state index in [1.165, 1.54) is 17.0 Å². The first-order valence-electron chi connectivity index (χ1n) is 7.45. The second-order valence-electron chi connectivity index (χ2n) is 6.54. The van der Waals surface area contributed by atoms with Crippen molar-refractivity contribution in [1.82, 2.24) is 4.90 Å². The van der Waals surface area contributed by atoms with Crippen LogP contribution in [-0.4, -0.2) is 35.1 Å². The number of likely N-dealkylation sites (tertiary alicyclic amines) is 1. The molecule has 1 fully saturated rings. The minimum absolute atomic E-state index is 0.240. The van der Waals surface area contributed by atoms with Gasteiger partial charge >= 0.3 is 12.3 Å². The molecule has 2 amide bonds. The lowest BCUT2D eigenvalue weighted by Crippen LogP contribution is -2.57. The highest BCUT2D eigenvalue weighted by Crippen LogP contribution is 2.30. The molecule has 1 saturated heterocycles. The minimum Gasteiger partial charge on any atom is -0.444 e. The molecule has 2 rings (SSSR count). The Balaban J connectivity index is 1.96. The first-order chi connectivity index (χ1) is 11.0. The smallest absolute Gasteiger partial charge is 0.416 e. The molecule has 5 nitrogen and oxygen atoms in total. The maximum atomic E-state index is 12.5. The van der Waals surface area contributed by atoms with Crippen molar-refractivity contribution in [1.29, 1.82) is 0 Å². The number of carbonyl (C=O) groups is 2. The number of amides is 2. The van der Waals surface area contributed by atoms with Gasteiger partial charge in [0.25, 0.3) is 0 Å². The van der Waals surface area contributed by atoms with Crippen molar-refractivity contribution in [3.05, 3.63) is 29.8 Å². The number of hydrogen-bond acceptors (Lipinski definition) is 3. The Morgan fingerprint density at radius 2 is 1.75 bits per heavy atom. The van der Waals surface area contributed by atoms with Crippen LogP contribution < -0.4 is 5.32 Å². The molecule has 0 unspecified atom stereocenters. The molecule has 8 heteroatoms. The maximum Gasteiger partial charge on any atom is 0.416 e. The number of alkyl halides is 3. The number of rotatable bonds is 2. The number of benzene rings is 1. The molecule has 0 aliphatic carbocycles. The third kappa shape index (κ3) is 4.39. The van der Waals surface area contributed by atoms with Crippen LogP contribution in [0, 0.1) is 0 Å². The standard InChI is InChI=1S/C16H19F3N2O3/c1-15(2,3)24-14(23)21-9-8-12(21)13(22)20-11-6-4-10(5-7-11)16(17,18)19/h4-7,12H,8-9H2,1-3H3,(H,20,22)/t12-/m1/s1. The van der Waals surface area contributed by atoms with Gasteiger partial charge in [-0.15, -0.1) is 0 Å². The lowest BCUT2D eigenvalue weighted by molar-refractivity contribution is -0.137. The van der Waals surface area contributed by atoms with Crippen molar-refractivity contribution >= 4 is 17.7 Å². The zero-order chi connectivity index (χ0) is 18.1. The summed E-state index contributed by atoms with van der Waals surface area (Å²) in [5, 5.41) is 2.51.